The molecule has 1 saturated heterocycles. The summed E-state index contributed by atoms with van der Waals surface area (Å²) in [5, 5.41) is 1.39. The number of carbonyl (C=O) groups excluding carboxylic acids is 1. The Morgan fingerprint density at radius 1 is 1.47 bits per heavy atom. The summed E-state index contributed by atoms with van der Waals surface area (Å²) < 4.78 is 0. The van der Waals surface area contributed by atoms with E-state index < -0.39 is 0 Å². The minimum absolute atomic E-state index is 0.0248. The van der Waals surface area contributed by atoms with Crippen molar-refractivity contribution in [2.45, 2.75) is 6.42 Å². The van der Waals surface area contributed by atoms with Gasteiger partial charge in [0, 0.05) is 24.5 Å². The molecule has 98 valence electrons. The lowest BCUT2D eigenvalue weighted by molar-refractivity contribution is -0.117. The lowest BCUT2D eigenvalue weighted by atomic mass is 10.1. The molecule has 0 radical (unpaired) electrons. The number of anilines is 1. The van der Waals surface area contributed by atoms with Crippen molar-refractivity contribution in [1.29, 1.82) is 0 Å². The van der Waals surface area contributed by atoms with Crippen molar-refractivity contribution < 1.29 is 4.79 Å². The summed E-state index contributed by atoms with van der Waals surface area (Å²) in [7, 11) is 0. The first-order chi connectivity index (χ1) is 9.19. The molecule has 1 aliphatic heterocycles. The number of nitrogens with two attached hydrogens (primary N) is 1. The fraction of sp³-hybridized carbons (Fsp3) is 0.308. The van der Waals surface area contributed by atoms with Crippen molar-refractivity contribution in [3.8, 4) is 0 Å². The van der Waals surface area contributed by atoms with Crippen LogP contribution in [0.5, 0.6) is 0 Å². The van der Waals surface area contributed by atoms with Gasteiger partial charge in [-0.25, -0.2) is 9.97 Å². The predicted molar refractivity (Wildman–Crippen MR) is 74.1 cm³/mol. The molecule has 1 aromatic heterocycles. The van der Waals surface area contributed by atoms with Gasteiger partial charge in [0.1, 0.15) is 0 Å². The Morgan fingerprint density at radius 3 is 3.05 bits per heavy atom. The second-order valence-corrected chi connectivity index (χ2v) is 5.06. The summed E-state index contributed by atoms with van der Waals surface area (Å²) in [6.45, 7) is 1.09. The zero-order valence-corrected chi connectivity index (χ0v) is 11.0. The lowest BCUT2D eigenvalue weighted by Gasteiger charge is -2.14. The second kappa shape index (κ2) is 4.75. The molecule has 0 bridgehead atoms. The highest BCUT2D eigenvalue weighted by molar-refractivity contribution is 6.35. The van der Waals surface area contributed by atoms with Crippen molar-refractivity contribution in [1.82, 2.24) is 9.97 Å². The summed E-state index contributed by atoms with van der Waals surface area (Å²) >= 11 is 6.07. The topological polar surface area (TPSA) is 72.1 Å². The molecule has 6 heteroatoms. The smallest absolute Gasteiger partial charge is 0.232 e. The summed E-state index contributed by atoms with van der Waals surface area (Å²) in [5.74, 6) is 0.638. The fourth-order valence-electron chi connectivity index (χ4n) is 2.27. The molecule has 1 fully saturated rings. The number of rotatable bonds is 2. The highest BCUT2D eigenvalue weighted by atomic mass is 35.5. The largest absolute Gasteiger partial charge is 0.330 e. The van der Waals surface area contributed by atoms with Gasteiger partial charge in [0.2, 0.25) is 11.9 Å². The van der Waals surface area contributed by atoms with Gasteiger partial charge in [-0.15, -0.1) is 0 Å². The van der Waals surface area contributed by atoms with E-state index in [1.165, 1.54) is 0 Å². The van der Waals surface area contributed by atoms with Crippen LogP contribution in [-0.2, 0) is 4.79 Å². The van der Waals surface area contributed by atoms with Gasteiger partial charge in [-0.2, -0.15) is 0 Å². The molecular formula is C13H13ClN4O. The van der Waals surface area contributed by atoms with Gasteiger partial charge >= 0.3 is 0 Å². The first-order valence-electron chi connectivity index (χ1n) is 6.10. The van der Waals surface area contributed by atoms with Crippen molar-refractivity contribution in [2.75, 3.05) is 18.0 Å². The van der Waals surface area contributed by atoms with Gasteiger partial charge in [0.15, 0.2) is 0 Å². The second-order valence-electron chi connectivity index (χ2n) is 4.65. The van der Waals surface area contributed by atoms with Gasteiger partial charge in [-0.3, -0.25) is 9.69 Å². The average molecular weight is 277 g/mol. The van der Waals surface area contributed by atoms with Crippen molar-refractivity contribution in [3.05, 3.63) is 29.4 Å². The van der Waals surface area contributed by atoms with Gasteiger partial charge in [0.25, 0.3) is 0 Å². The third-order valence-corrected chi connectivity index (χ3v) is 3.67. The Kier molecular flexibility index (Phi) is 3.08. The summed E-state index contributed by atoms with van der Waals surface area (Å²) in [4.78, 5) is 22.2. The van der Waals surface area contributed by atoms with E-state index in [0.717, 1.165) is 10.9 Å². The van der Waals surface area contributed by atoms with Crippen molar-refractivity contribution >= 4 is 34.4 Å². The minimum atomic E-state index is 0.0248. The van der Waals surface area contributed by atoms with E-state index in [9.17, 15) is 4.79 Å². The first kappa shape index (κ1) is 12.3. The van der Waals surface area contributed by atoms with Crippen LogP contribution in [0, 0.1) is 5.92 Å². The van der Waals surface area contributed by atoms with Crippen LogP contribution in [0.25, 0.3) is 10.9 Å². The molecule has 19 heavy (non-hydrogen) atoms. The molecule has 2 aromatic rings. The van der Waals surface area contributed by atoms with E-state index in [-0.39, 0.29) is 11.8 Å². The summed E-state index contributed by atoms with van der Waals surface area (Å²) in [5.41, 5.74) is 6.35. The van der Waals surface area contributed by atoms with E-state index in [2.05, 4.69) is 9.97 Å². The molecule has 1 unspecified atom stereocenters. The molecule has 1 atom stereocenters. The van der Waals surface area contributed by atoms with Crippen LogP contribution >= 0.6 is 11.6 Å². The van der Waals surface area contributed by atoms with Crippen LogP contribution < -0.4 is 10.6 Å². The number of carbonyl (C=O) groups is 1. The average Bonchev–Trinajstić information content (AvgIpc) is 2.80. The number of hydrogen-bond donors (Lipinski definition) is 1. The van der Waals surface area contributed by atoms with Gasteiger partial charge in [-0.1, -0.05) is 17.7 Å². The van der Waals surface area contributed by atoms with Crippen LogP contribution in [0.3, 0.4) is 0 Å². The molecule has 0 saturated carbocycles. The fourth-order valence-corrected chi connectivity index (χ4v) is 2.49. The number of nitrogens with zero attached hydrogens (tertiary/aromatic N) is 3. The highest BCUT2D eigenvalue weighted by Gasteiger charge is 2.31. The van der Waals surface area contributed by atoms with Gasteiger partial charge in [-0.05, 0) is 24.6 Å². The number of benzene rings is 1. The normalized spacial score (nSPS) is 19.4. The Hall–Kier alpha value is -1.72. The standard InChI is InChI=1S/C13H13ClN4O/c14-10-2-1-3-11-9(10)6-16-13(17-11)18-7-8(5-15)4-12(18)19/h1-3,6,8H,4-5,7,15H2. The Morgan fingerprint density at radius 2 is 2.32 bits per heavy atom. The Labute approximate surface area is 115 Å². The van der Waals surface area contributed by atoms with Crippen LogP contribution in [-0.4, -0.2) is 29.0 Å². The van der Waals surface area contributed by atoms with E-state index in [1.54, 1.807) is 17.2 Å². The summed E-state index contributed by atoms with van der Waals surface area (Å²) in [6, 6.07) is 5.47. The molecular weight excluding hydrogens is 264 g/mol. The molecule has 1 amide bonds. The maximum atomic E-state index is 11.9. The quantitative estimate of drug-likeness (QED) is 0.904. The highest BCUT2D eigenvalue weighted by Crippen LogP contribution is 2.25. The maximum absolute atomic E-state index is 11.9. The first-order valence-corrected chi connectivity index (χ1v) is 6.48. The van der Waals surface area contributed by atoms with E-state index in [4.69, 9.17) is 17.3 Å². The zero-order chi connectivity index (χ0) is 13.4. The number of aromatic nitrogens is 2. The molecule has 1 aliphatic rings. The number of fused-ring (bicyclic) bond motifs is 1. The molecule has 3 rings (SSSR count). The minimum Gasteiger partial charge on any atom is -0.330 e. The van der Waals surface area contributed by atoms with Crippen LogP contribution in [0.15, 0.2) is 24.4 Å². The third-order valence-electron chi connectivity index (χ3n) is 3.34. The van der Waals surface area contributed by atoms with Crippen molar-refractivity contribution in [3.63, 3.8) is 0 Å². The van der Waals surface area contributed by atoms with Crippen LogP contribution in [0.1, 0.15) is 6.42 Å². The molecule has 0 spiro atoms. The SMILES string of the molecule is NCC1CC(=O)N(c2ncc3c(Cl)cccc3n2)C1. The zero-order valence-electron chi connectivity index (χ0n) is 10.2. The molecule has 2 N–H and O–H groups in total. The maximum Gasteiger partial charge on any atom is 0.232 e. The van der Waals surface area contributed by atoms with E-state index in [0.29, 0.717) is 30.5 Å². The third kappa shape index (κ3) is 2.15. The monoisotopic (exact) mass is 276 g/mol. The predicted octanol–water partition coefficient (Wildman–Crippen LogP) is 1.59. The number of amides is 1. The Bertz CT molecular complexity index is 646. The van der Waals surface area contributed by atoms with Crippen LogP contribution in [0.2, 0.25) is 5.02 Å². The van der Waals surface area contributed by atoms with Gasteiger partial charge in [0.05, 0.1) is 10.5 Å². The Balaban J connectivity index is 2.00. The molecule has 2 heterocycles. The van der Waals surface area contributed by atoms with Crippen molar-refractivity contribution in [2.24, 2.45) is 11.7 Å². The number of halogens is 1. The van der Waals surface area contributed by atoms with E-state index >= 15 is 0 Å². The van der Waals surface area contributed by atoms with Crippen LogP contribution in [0.4, 0.5) is 5.95 Å². The summed E-state index contributed by atoms with van der Waals surface area (Å²) in [6.07, 6.45) is 2.12. The molecule has 1 aromatic carbocycles. The molecule has 5 nitrogen and oxygen atoms in total. The van der Waals surface area contributed by atoms with Gasteiger partial charge < -0.3 is 5.73 Å². The molecule has 0 aliphatic carbocycles. The lowest BCUT2D eigenvalue weighted by Crippen LogP contribution is -2.27. The number of hydrogen-bond acceptors (Lipinski definition) is 4. The van der Waals surface area contributed by atoms with E-state index in [1.807, 2.05) is 12.1 Å².